The molecule has 0 bridgehead atoms. The predicted molar refractivity (Wildman–Crippen MR) is 127 cm³/mol. The van der Waals surface area contributed by atoms with Gasteiger partial charge in [-0.25, -0.2) is 9.29 Å². The Morgan fingerprint density at radius 3 is 2.28 bits per heavy atom. The minimum atomic E-state index is -0.943. The molecule has 0 amide bonds. The van der Waals surface area contributed by atoms with Gasteiger partial charge >= 0.3 is 5.97 Å². The average molecular weight is 481 g/mol. The lowest BCUT2D eigenvalue weighted by atomic mass is 9.70. The highest BCUT2D eigenvalue weighted by Crippen LogP contribution is 2.45. The zero-order valence-corrected chi connectivity index (χ0v) is 20.9. The van der Waals surface area contributed by atoms with E-state index in [4.69, 9.17) is 33.7 Å². The van der Waals surface area contributed by atoms with Crippen LogP contribution >= 0.6 is 23.2 Å². The Bertz CT molecular complexity index is 1000. The van der Waals surface area contributed by atoms with Crippen LogP contribution in [0, 0.1) is 11.2 Å². The number of esters is 1. The van der Waals surface area contributed by atoms with E-state index in [2.05, 4.69) is 20.8 Å². The van der Waals surface area contributed by atoms with Crippen molar-refractivity contribution in [3.63, 3.8) is 0 Å². The molecule has 0 radical (unpaired) electrons. The first kappa shape index (κ1) is 25.0. The number of hydrogen-bond acceptors (Lipinski definition) is 4. The number of carbonyl (C=O) groups is 1. The Balaban J connectivity index is 2.12. The van der Waals surface area contributed by atoms with Crippen molar-refractivity contribution in [3.8, 4) is 0 Å². The summed E-state index contributed by atoms with van der Waals surface area (Å²) in [6, 6.07) is 11.2. The van der Waals surface area contributed by atoms with Gasteiger partial charge in [0.2, 0.25) is 0 Å². The smallest absolute Gasteiger partial charge is 0.325 e. The molecule has 2 N–H and O–H groups in total. The maximum absolute atomic E-state index is 14.7. The monoisotopic (exact) mass is 480 g/mol. The molecule has 2 aromatic rings. The van der Waals surface area contributed by atoms with Crippen molar-refractivity contribution in [2.45, 2.75) is 71.3 Å². The Morgan fingerprint density at radius 1 is 1.12 bits per heavy atom. The summed E-state index contributed by atoms with van der Waals surface area (Å²) in [6.45, 7) is 11.9. The summed E-state index contributed by atoms with van der Waals surface area (Å²) in [5.74, 6) is -0.928. The second kappa shape index (κ2) is 8.60. The third-order valence-electron chi connectivity index (χ3n) is 6.16. The fraction of sp³-hybridized carbons (Fsp3) is 0.480. The number of halogens is 3. The minimum absolute atomic E-state index is 0.0249. The van der Waals surface area contributed by atoms with E-state index in [9.17, 15) is 9.18 Å². The van der Waals surface area contributed by atoms with Crippen molar-refractivity contribution in [3.05, 3.63) is 69.5 Å². The molecule has 1 aliphatic rings. The van der Waals surface area contributed by atoms with E-state index in [1.807, 2.05) is 37.8 Å². The SMILES string of the molecule is CC(C)(C)[C@H](N1[C@H](Cc2cccc(Cl)c2F)C(=O)OC1(C)C)[C@](C)(N)c1ccc(Cl)cc1. The molecule has 1 heterocycles. The number of nitrogens with two attached hydrogens (primary N) is 1. The molecular formula is C25H31Cl2FN2O2. The highest BCUT2D eigenvalue weighted by molar-refractivity contribution is 6.31. The molecule has 0 unspecified atom stereocenters. The summed E-state index contributed by atoms with van der Waals surface area (Å²) in [6.07, 6.45) is 0.123. The van der Waals surface area contributed by atoms with Crippen LogP contribution in [0.2, 0.25) is 10.0 Å². The van der Waals surface area contributed by atoms with Gasteiger partial charge in [-0.05, 0) is 55.5 Å². The lowest BCUT2D eigenvalue weighted by molar-refractivity contribution is -0.153. The molecule has 1 aliphatic heterocycles. The van der Waals surface area contributed by atoms with Crippen molar-refractivity contribution in [2.75, 3.05) is 0 Å². The fourth-order valence-electron chi connectivity index (χ4n) is 5.02. The van der Waals surface area contributed by atoms with E-state index in [-0.39, 0.29) is 22.9 Å². The highest BCUT2D eigenvalue weighted by Gasteiger charge is 2.57. The van der Waals surface area contributed by atoms with Gasteiger partial charge in [-0.1, -0.05) is 68.2 Å². The lowest BCUT2D eigenvalue weighted by Gasteiger charge is -2.52. The zero-order valence-electron chi connectivity index (χ0n) is 19.4. The van der Waals surface area contributed by atoms with Gasteiger partial charge in [-0.2, -0.15) is 0 Å². The third kappa shape index (κ3) is 4.67. The van der Waals surface area contributed by atoms with E-state index in [1.54, 1.807) is 24.3 Å². The molecule has 4 nitrogen and oxygen atoms in total. The topological polar surface area (TPSA) is 55.6 Å². The van der Waals surface area contributed by atoms with E-state index >= 15 is 0 Å². The summed E-state index contributed by atoms with van der Waals surface area (Å²) in [7, 11) is 0. The second-order valence-electron chi connectivity index (χ2n) is 10.3. The Labute approximate surface area is 199 Å². The van der Waals surface area contributed by atoms with Gasteiger partial charge in [-0.15, -0.1) is 0 Å². The molecule has 32 heavy (non-hydrogen) atoms. The number of nitrogens with zero attached hydrogens (tertiary/aromatic N) is 1. The number of ether oxygens (including phenoxy) is 1. The Kier molecular flexibility index (Phi) is 6.71. The van der Waals surface area contributed by atoms with Gasteiger partial charge in [0.25, 0.3) is 0 Å². The van der Waals surface area contributed by atoms with Crippen molar-refractivity contribution in [1.29, 1.82) is 0 Å². The molecule has 174 valence electrons. The molecule has 0 spiro atoms. The van der Waals surface area contributed by atoms with Crippen LogP contribution in [0.1, 0.15) is 52.7 Å². The van der Waals surface area contributed by atoms with Crippen LogP contribution in [0.15, 0.2) is 42.5 Å². The first-order chi connectivity index (χ1) is 14.7. The van der Waals surface area contributed by atoms with Crippen molar-refractivity contribution in [2.24, 2.45) is 11.1 Å². The minimum Gasteiger partial charge on any atom is -0.443 e. The number of cyclic esters (lactones) is 1. The quantitative estimate of drug-likeness (QED) is 0.538. The van der Waals surface area contributed by atoms with E-state index in [0.717, 1.165) is 5.56 Å². The van der Waals surface area contributed by atoms with Crippen LogP contribution in [-0.4, -0.2) is 28.7 Å². The molecule has 3 rings (SSSR count). The van der Waals surface area contributed by atoms with Gasteiger partial charge in [0.15, 0.2) is 5.72 Å². The van der Waals surface area contributed by atoms with Crippen LogP contribution in [0.4, 0.5) is 4.39 Å². The van der Waals surface area contributed by atoms with Gasteiger partial charge in [0.1, 0.15) is 11.9 Å². The first-order valence-corrected chi connectivity index (χ1v) is 11.4. The fourth-order valence-corrected chi connectivity index (χ4v) is 5.34. The zero-order chi connectivity index (χ0) is 24.1. The number of rotatable bonds is 5. The van der Waals surface area contributed by atoms with Gasteiger partial charge in [0.05, 0.1) is 10.6 Å². The second-order valence-corrected chi connectivity index (χ2v) is 11.1. The van der Waals surface area contributed by atoms with E-state index in [0.29, 0.717) is 10.6 Å². The Morgan fingerprint density at radius 2 is 1.72 bits per heavy atom. The summed E-state index contributed by atoms with van der Waals surface area (Å²) < 4.78 is 20.5. The van der Waals surface area contributed by atoms with Crippen LogP contribution < -0.4 is 5.73 Å². The standard InChI is InChI=1S/C25H31Cl2FN2O2/c1-23(2,3)22(25(6,29)16-10-12-17(26)13-11-16)30-19(21(31)32-24(30,4)5)14-15-8-7-9-18(27)20(15)28/h7-13,19,22H,14,29H2,1-6H3/t19-,22+,25-/m1/s1. The summed E-state index contributed by atoms with van der Waals surface area (Å²) in [5, 5.41) is 0.642. The molecule has 0 saturated carbocycles. The van der Waals surface area contributed by atoms with Gasteiger partial charge < -0.3 is 10.5 Å². The summed E-state index contributed by atoms with van der Waals surface area (Å²) in [5.41, 5.74) is 6.09. The maximum atomic E-state index is 14.7. The van der Waals surface area contributed by atoms with Crippen LogP contribution in [0.3, 0.4) is 0 Å². The van der Waals surface area contributed by atoms with E-state index < -0.39 is 29.1 Å². The van der Waals surface area contributed by atoms with Gasteiger partial charge in [-0.3, -0.25) is 4.79 Å². The normalized spacial score (nSPS) is 21.8. The largest absolute Gasteiger partial charge is 0.443 e. The van der Waals surface area contributed by atoms with Crippen LogP contribution in [-0.2, 0) is 21.5 Å². The molecule has 1 saturated heterocycles. The van der Waals surface area contributed by atoms with Crippen LogP contribution in [0.5, 0.6) is 0 Å². The molecule has 3 atom stereocenters. The van der Waals surface area contributed by atoms with Gasteiger partial charge in [0, 0.05) is 17.5 Å². The molecule has 7 heteroatoms. The highest BCUT2D eigenvalue weighted by atomic mass is 35.5. The van der Waals surface area contributed by atoms with Crippen molar-refractivity contribution >= 4 is 29.2 Å². The Hall–Kier alpha value is -1.66. The molecule has 1 fully saturated rings. The number of benzene rings is 2. The summed E-state index contributed by atoms with van der Waals surface area (Å²) >= 11 is 12.1. The molecule has 0 aliphatic carbocycles. The number of hydrogen-bond donors (Lipinski definition) is 1. The third-order valence-corrected chi connectivity index (χ3v) is 6.70. The molecular weight excluding hydrogens is 450 g/mol. The predicted octanol–water partition coefficient (Wildman–Crippen LogP) is 5.93. The lowest BCUT2D eigenvalue weighted by Crippen LogP contribution is -2.65. The summed E-state index contributed by atoms with van der Waals surface area (Å²) in [4.78, 5) is 15.1. The number of carbonyl (C=O) groups excluding carboxylic acids is 1. The first-order valence-electron chi connectivity index (χ1n) is 10.7. The van der Waals surface area contributed by atoms with Crippen LogP contribution in [0.25, 0.3) is 0 Å². The average Bonchev–Trinajstić information content (AvgIpc) is 2.87. The molecule has 2 aromatic carbocycles. The maximum Gasteiger partial charge on any atom is 0.325 e. The van der Waals surface area contributed by atoms with E-state index in [1.165, 1.54) is 6.07 Å². The van der Waals surface area contributed by atoms with Crippen molar-refractivity contribution < 1.29 is 13.9 Å². The molecule has 0 aromatic heterocycles. The van der Waals surface area contributed by atoms with Crippen molar-refractivity contribution in [1.82, 2.24) is 4.90 Å².